The molecule has 2 heterocycles. The van der Waals surface area contributed by atoms with Gasteiger partial charge in [0.25, 0.3) is 0 Å². The van der Waals surface area contributed by atoms with Crippen LogP contribution >= 0.6 is 23.2 Å². The average molecular weight is 507 g/mol. The third kappa shape index (κ3) is 5.37. The molecule has 35 heavy (non-hydrogen) atoms. The van der Waals surface area contributed by atoms with Gasteiger partial charge in [0.1, 0.15) is 47.7 Å². The Hall–Kier alpha value is -4.08. The summed E-state index contributed by atoms with van der Waals surface area (Å²) in [4.78, 5) is 12.0. The number of nitrogens with zero attached hydrogens (tertiary/aromatic N) is 4. The molecule has 0 fully saturated rings. The second kappa shape index (κ2) is 10.9. The van der Waals surface area contributed by atoms with E-state index < -0.39 is 0 Å². The van der Waals surface area contributed by atoms with Gasteiger partial charge < -0.3 is 19.0 Å². The minimum absolute atomic E-state index is 0.0310. The molecule has 4 rings (SSSR count). The fraction of sp³-hybridized carbons (Fsp3) is 0.120. The highest BCUT2D eigenvalue weighted by Crippen LogP contribution is 2.42. The van der Waals surface area contributed by atoms with Gasteiger partial charge in [0.15, 0.2) is 0 Å². The molecule has 1 N–H and O–H groups in total. The van der Waals surface area contributed by atoms with E-state index in [2.05, 4.69) is 20.9 Å². The Kier molecular flexibility index (Phi) is 7.49. The highest BCUT2D eigenvalue weighted by atomic mass is 35.5. The largest absolute Gasteiger partial charge is 0.491 e. The molecule has 0 spiro atoms. The number of nitriles is 1. The lowest BCUT2D eigenvalue weighted by molar-refractivity contribution is 0.201. The number of rotatable bonds is 8. The first-order valence-corrected chi connectivity index (χ1v) is 11.0. The first-order chi connectivity index (χ1) is 17.0. The van der Waals surface area contributed by atoms with Crippen LogP contribution in [0, 0.1) is 17.9 Å². The van der Waals surface area contributed by atoms with Crippen molar-refractivity contribution >= 4 is 28.9 Å². The van der Waals surface area contributed by atoms with Crippen LogP contribution in [0.5, 0.6) is 11.6 Å². The van der Waals surface area contributed by atoms with Crippen molar-refractivity contribution in [3.63, 3.8) is 0 Å². The molecule has 0 radical (unpaired) electrons. The summed E-state index contributed by atoms with van der Waals surface area (Å²) >= 11 is 12.2. The monoisotopic (exact) mass is 506 g/mol. The smallest absolute Gasteiger partial charge is 0.232 e. The van der Waals surface area contributed by atoms with Gasteiger partial charge in [-0.25, -0.2) is 14.8 Å². The van der Waals surface area contributed by atoms with Crippen LogP contribution in [-0.2, 0) is 6.61 Å². The first kappa shape index (κ1) is 24.1. The summed E-state index contributed by atoms with van der Waals surface area (Å²) in [6.45, 7) is 7.54. The van der Waals surface area contributed by atoms with Crippen molar-refractivity contribution in [2.45, 2.75) is 6.61 Å². The zero-order valence-electron chi connectivity index (χ0n) is 18.0. The molecule has 2 aromatic carbocycles. The highest BCUT2D eigenvalue weighted by Gasteiger charge is 2.22. The van der Waals surface area contributed by atoms with Gasteiger partial charge in [0.2, 0.25) is 17.5 Å². The number of hydrogen-bond donors (Lipinski definition) is 1. The van der Waals surface area contributed by atoms with Crippen LogP contribution in [0.15, 0.2) is 59.2 Å². The molecule has 0 amide bonds. The zero-order valence-corrected chi connectivity index (χ0v) is 19.5. The number of hydrogen-bond acceptors (Lipinski definition) is 7. The summed E-state index contributed by atoms with van der Waals surface area (Å²) in [6.07, 6.45) is 1.44. The third-order valence-electron chi connectivity index (χ3n) is 4.82. The van der Waals surface area contributed by atoms with Gasteiger partial charge in [-0.15, -0.1) is 0 Å². The second-order valence-electron chi connectivity index (χ2n) is 7.07. The summed E-state index contributed by atoms with van der Waals surface area (Å²) in [7, 11) is 0. The van der Waals surface area contributed by atoms with Crippen LogP contribution in [0.2, 0.25) is 10.2 Å². The van der Waals surface area contributed by atoms with E-state index in [0.29, 0.717) is 33.5 Å². The fourth-order valence-corrected chi connectivity index (χ4v) is 3.58. The van der Waals surface area contributed by atoms with E-state index in [1.807, 2.05) is 0 Å². The Labute approximate surface area is 210 Å². The molecule has 0 aliphatic rings. The van der Waals surface area contributed by atoms with E-state index >= 15 is 0 Å². The third-order valence-corrected chi connectivity index (χ3v) is 5.34. The van der Waals surface area contributed by atoms with Crippen molar-refractivity contribution in [3.05, 3.63) is 87.6 Å². The number of halogens is 2. The quantitative estimate of drug-likeness (QED) is 0.228. The Balaban J connectivity index is 1.63. The lowest BCUT2D eigenvalue weighted by Crippen LogP contribution is -2.03. The molecular weight excluding hydrogens is 491 g/mol. The van der Waals surface area contributed by atoms with Crippen LogP contribution < -0.4 is 9.47 Å². The molecule has 0 saturated heterocycles. The van der Waals surface area contributed by atoms with Crippen molar-refractivity contribution in [2.75, 3.05) is 13.2 Å². The van der Waals surface area contributed by atoms with Crippen LogP contribution in [0.4, 0.5) is 5.69 Å². The van der Waals surface area contributed by atoms with E-state index in [0.717, 1.165) is 5.56 Å². The predicted octanol–water partition coefficient (Wildman–Crippen LogP) is 6.08. The summed E-state index contributed by atoms with van der Waals surface area (Å²) in [5, 5.41) is 19.3. The summed E-state index contributed by atoms with van der Waals surface area (Å²) < 4.78 is 16.7. The van der Waals surface area contributed by atoms with Crippen molar-refractivity contribution in [2.24, 2.45) is 0 Å². The SMILES string of the molecule is [C-]#[N+]c1c(Cl)nc(OCc2coc(-c3ccc(Cl)cc3)n2)c(C#N)c1-c1ccc(OCCO)cc1. The molecular formula is C25H16Cl2N4O4. The van der Waals surface area contributed by atoms with Gasteiger partial charge in [-0.2, -0.15) is 5.26 Å². The Morgan fingerprint density at radius 2 is 1.74 bits per heavy atom. The number of oxazole rings is 1. The highest BCUT2D eigenvalue weighted by molar-refractivity contribution is 6.33. The van der Waals surface area contributed by atoms with Crippen molar-refractivity contribution in [3.8, 4) is 40.3 Å². The van der Waals surface area contributed by atoms with Gasteiger partial charge in [0, 0.05) is 16.1 Å². The van der Waals surface area contributed by atoms with Gasteiger partial charge in [0.05, 0.1) is 13.2 Å². The predicted molar refractivity (Wildman–Crippen MR) is 130 cm³/mol. The maximum Gasteiger partial charge on any atom is 0.232 e. The summed E-state index contributed by atoms with van der Waals surface area (Å²) in [5.41, 5.74) is 2.17. The average Bonchev–Trinajstić information content (AvgIpc) is 3.35. The van der Waals surface area contributed by atoms with E-state index in [9.17, 15) is 5.26 Å². The minimum atomic E-state index is -0.115. The van der Waals surface area contributed by atoms with Crippen LogP contribution in [0.25, 0.3) is 27.4 Å². The standard InChI is InChI=1S/C25H16Cl2N4O4/c1-29-22-21(15-4-8-19(9-5-15)33-11-10-32)20(12-28)25(31-23(22)27)35-14-18-13-34-24(30-18)16-2-6-17(26)7-3-16/h2-9,13,32H,10-11,14H2. The van der Waals surface area contributed by atoms with Gasteiger partial charge in [-0.3, -0.25) is 0 Å². The molecule has 0 aliphatic heterocycles. The van der Waals surface area contributed by atoms with Gasteiger partial charge in [-0.1, -0.05) is 35.3 Å². The Morgan fingerprint density at radius 3 is 2.40 bits per heavy atom. The van der Waals surface area contributed by atoms with E-state index in [1.54, 1.807) is 48.5 Å². The first-order valence-electron chi connectivity index (χ1n) is 10.2. The maximum absolute atomic E-state index is 9.90. The number of aromatic nitrogens is 2. The fourth-order valence-electron chi connectivity index (χ4n) is 3.24. The topological polar surface area (TPSA) is 106 Å². The molecule has 4 aromatic rings. The van der Waals surface area contributed by atoms with Gasteiger partial charge in [-0.05, 0) is 42.0 Å². The summed E-state index contributed by atoms with van der Waals surface area (Å²) in [5.74, 6) is 0.890. The second-order valence-corrected chi connectivity index (χ2v) is 7.86. The molecule has 10 heteroatoms. The van der Waals surface area contributed by atoms with E-state index in [1.165, 1.54) is 6.26 Å². The van der Waals surface area contributed by atoms with E-state index in [4.69, 9.17) is 48.8 Å². The van der Waals surface area contributed by atoms with Crippen molar-refractivity contribution < 1.29 is 19.0 Å². The molecule has 0 aliphatic carbocycles. The van der Waals surface area contributed by atoms with Crippen LogP contribution in [-0.4, -0.2) is 28.3 Å². The Bertz CT molecular complexity index is 1420. The van der Waals surface area contributed by atoms with Crippen molar-refractivity contribution in [1.29, 1.82) is 5.26 Å². The number of ether oxygens (including phenoxy) is 2. The number of aliphatic hydroxyl groups is 1. The number of benzene rings is 2. The van der Waals surface area contributed by atoms with Crippen LogP contribution in [0.1, 0.15) is 11.3 Å². The molecule has 8 nitrogen and oxygen atoms in total. The molecule has 0 saturated carbocycles. The zero-order chi connectivity index (χ0) is 24.8. The number of aliphatic hydroxyl groups excluding tert-OH is 1. The molecule has 2 aromatic heterocycles. The van der Waals surface area contributed by atoms with Crippen molar-refractivity contribution in [1.82, 2.24) is 9.97 Å². The Morgan fingerprint density at radius 1 is 1.03 bits per heavy atom. The minimum Gasteiger partial charge on any atom is -0.491 e. The summed E-state index contributed by atoms with van der Waals surface area (Å²) in [6, 6.07) is 15.8. The van der Waals surface area contributed by atoms with Crippen LogP contribution in [0.3, 0.4) is 0 Å². The molecule has 0 bridgehead atoms. The molecule has 0 atom stereocenters. The maximum atomic E-state index is 9.90. The van der Waals surface area contributed by atoms with E-state index in [-0.39, 0.29) is 42.1 Å². The van der Waals surface area contributed by atoms with Gasteiger partial charge >= 0.3 is 0 Å². The lowest BCUT2D eigenvalue weighted by atomic mass is 10.00. The molecule has 174 valence electrons. The number of pyridine rings is 1. The lowest BCUT2D eigenvalue weighted by Gasteiger charge is -2.13. The normalized spacial score (nSPS) is 10.4. The molecule has 0 unspecified atom stereocenters.